The zero-order valence-electron chi connectivity index (χ0n) is 14.1. The van der Waals surface area contributed by atoms with E-state index in [1.807, 2.05) is 13.8 Å². The summed E-state index contributed by atoms with van der Waals surface area (Å²) in [6, 6.07) is 6.28. The van der Waals surface area contributed by atoms with Gasteiger partial charge in [0.05, 0.1) is 10.6 Å². The van der Waals surface area contributed by atoms with Gasteiger partial charge in [0.2, 0.25) is 10.0 Å². The molecule has 6 nitrogen and oxygen atoms in total. The predicted octanol–water partition coefficient (Wildman–Crippen LogP) is 2.24. The molecule has 0 aliphatic heterocycles. The number of hydrogen-bond acceptors (Lipinski definition) is 5. The summed E-state index contributed by atoms with van der Waals surface area (Å²) in [6.45, 7) is 3.82. The number of benzene rings is 1. The summed E-state index contributed by atoms with van der Waals surface area (Å²) in [7, 11) is -3.69. The summed E-state index contributed by atoms with van der Waals surface area (Å²) >= 11 is 0. The lowest BCUT2D eigenvalue weighted by atomic mass is 9.57. The first-order chi connectivity index (χ1) is 11.7. The molecule has 0 unspecified atom stereocenters. The number of aliphatic hydroxyl groups is 1. The molecule has 2 aromatic rings. The van der Waals surface area contributed by atoms with Crippen LogP contribution >= 0.6 is 0 Å². The highest BCUT2D eigenvalue weighted by Gasteiger charge is 2.49. The molecule has 0 bridgehead atoms. The van der Waals surface area contributed by atoms with Crippen LogP contribution in [0.1, 0.15) is 31.7 Å². The molecule has 0 saturated heterocycles. The van der Waals surface area contributed by atoms with Gasteiger partial charge in [0.1, 0.15) is 12.4 Å². The third-order valence-electron chi connectivity index (χ3n) is 5.11. The highest BCUT2D eigenvalue weighted by Crippen LogP contribution is 2.48. The number of hydrogen-bond donors (Lipinski definition) is 2. The van der Waals surface area contributed by atoms with Crippen molar-refractivity contribution < 1.29 is 22.4 Å². The molecule has 25 heavy (non-hydrogen) atoms. The number of nitrogens with zero attached hydrogens (tertiary/aromatic N) is 1. The van der Waals surface area contributed by atoms with Crippen molar-refractivity contribution in [2.45, 2.75) is 44.2 Å². The van der Waals surface area contributed by atoms with Crippen LogP contribution < -0.4 is 4.72 Å². The fraction of sp³-hybridized carbons (Fsp3) is 0.471. The molecule has 3 rings (SSSR count). The molecule has 1 aromatic heterocycles. The van der Waals surface area contributed by atoms with Gasteiger partial charge in [0.25, 0.3) is 0 Å². The lowest BCUT2D eigenvalue weighted by Crippen LogP contribution is -2.58. The van der Waals surface area contributed by atoms with Crippen LogP contribution in [0.5, 0.6) is 0 Å². The van der Waals surface area contributed by atoms with Crippen LogP contribution in [0.3, 0.4) is 0 Å². The van der Waals surface area contributed by atoms with Gasteiger partial charge in [-0.25, -0.2) is 17.5 Å². The fourth-order valence-electron chi connectivity index (χ4n) is 3.21. The molecule has 1 aliphatic rings. The van der Waals surface area contributed by atoms with Gasteiger partial charge in [0.15, 0.2) is 5.76 Å². The van der Waals surface area contributed by atoms with Gasteiger partial charge >= 0.3 is 0 Å². The summed E-state index contributed by atoms with van der Waals surface area (Å²) in [5, 5.41) is 12.9. The third kappa shape index (κ3) is 3.61. The molecular formula is C17H21FN2O4S. The van der Waals surface area contributed by atoms with E-state index in [1.54, 1.807) is 6.07 Å². The van der Waals surface area contributed by atoms with Gasteiger partial charge in [-0.15, -0.1) is 0 Å². The van der Waals surface area contributed by atoms with Crippen LogP contribution in [0.15, 0.2) is 39.8 Å². The van der Waals surface area contributed by atoms with Crippen molar-refractivity contribution in [2.24, 2.45) is 11.3 Å². The maximum absolute atomic E-state index is 13.0. The average molecular weight is 368 g/mol. The Morgan fingerprint density at radius 1 is 1.36 bits per heavy atom. The summed E-state index contributed by atoms with van der Waals surface area (Å²) in [6.07, 6.45) is 1.33. The van der Waals surface area contributed by atoms with Crippen LogP contribution in [-0.2, 0) is 23.1 Å². The summed E-state index contributed by atoms with van der Waals surface area (Å²) in [5.41, 5.74) is 0.493. The Kier molecular flexibility index (Phi) is 4.70. The van der Waals surface area contributed by atoms with E-state index in [-0.39, 0.29) is 28.9 Å². The van der Waals surface area contributed by atoms with Gasteiger partial charge in [-0.05, 0) is 48.4 Å². The van der Waals surface area contributed by atoms with Crippen LogP contribution in [0.25, 0.3) is 0 Å². The number of aliphatic hydroxyl groups excluding tert-OH is 1. The van der Waals surface area contributed by atoms with Crippen LogP contribution in [0.2, 0.25) is 0 Å². The Morgan fingerprint density at radius 3 is 2.60 bits per heavy atom. The lowest BCUT2D eigenvalue weighted by Gasteiger charge is -2.52. The zero-order valence-corrected chi connectivity index (χ0v) is 14.9. The first kappa shape index (κ1) is 18.0. The molecule has 2 atom stereocenters. The minimum Gasteiger partial charge on any atom is -0.388 e. The van der Waals surface area contributed by atoms with Gasteiger partial charge in [0, 0.05) is 12.1 Å². The molecule has 1 saturated carbocycles. The van der Waals surface area contributed by atoms with E-state index in [2.05, 4.69) is 9.88 Å². The molecule has 0 amide bonds. The number of sulfonamides is 1. The second-order valence-corrected chi connectivity index (χ2v) is 8.74. The van der Waals surface area contributed by atoms with E-state index in [0.717, 1.165) is 17.8 Å². The van der Waals surface area contributed by atoms with Crippen LogP contribution in [0, 0.1) is 17.2 Å². The SMILES string of the molecule is CC1(C)[C@H](Cc2cc(CO)on2)C[C@@H]1NS(=O)(=O)c1ccc(F)cc1. The summed E-state index contributed by atoms with van der Waals surface area (Å²) in [4.78, 5) is 0.0530. The Labute approximate surface area is 146 Å². The van der Waals surface area contributed by atoms with E-state index < -0.39 is 15.8 Å². The second kappa shape index (κ2) is 6.51. The lowest BCUT2D eigenvalue weighted by molar-refractivity contribution is 0.0270. The van der Waals surface area contributed by atoms with Crippen molar-refractivity contribution in [1.82, 2.24) is 9.88 Å². The van der Waals surface area contributed by atoms with Crippen molar-refractivity contribution in [3.05, 3.63) is 47.6 Å². The second-order valence-electron chi connectivity index (χ2n) is 7.03. The highest BCUT2D eigenvalue weighted by atomic mass is 32.2. The first-order valence-corrected chi connectivity index (χ1v) is 9.54. The molecule has 0 spiro atoms. The minimum atomic E-state index is -3.69. The smallest absolute Gasteiger partial charge is 0.240 e. The predicted molar refractivity (Wildman–Crippen MR) is 88.5 cm³/mol. The van der Waals surface area contributed by atoms with Crippen molar-refractivity contribution in [1.29, 1.82) is 0 Å². The van der Waals surface area contributed by atoms with Crippen molar-refractivity contribution in [2.75, 3.05) is 0 Å². The Balaban J connectivity index is 1.66. The molecule has 1 fully saturated rings. The number of nitrogens with one attached hydrogen (secondary N) is 1. The van der Waals surface area contributed by atoms with Crippen LogP contribution in [0.4, 0.5) is 4.39 Å². The van der Waals surface area contributed by atoms with Crippen molar-refractivity contribution in [3.8, 4) is 0 Å². The molecule has 1 aliphatic carbocycles. The largest absolute Gasteiger partial charge is 0.388 e. The van der Waals surface area contributed by atoms with Crippen LogP contribution in [-0.4, -0.2) is 24.7 Å². The molecule has 1 heterocycles. The standard InChI is InChI=1S/C17H21FN2O4S/c1-17(2)11(7-13-9-14(10-21)24-19-13)8-16(17)20-25(22,23)15-5-3-12(18)4-6-15/h3-6,9,11,16,20-21H,7-8,10H2,1-2H3/t11-,16+/m1/s1. The molecule has 136 valence electrons. The maximum Gasteiger partial charge on any atom is 0.240 e. The van der Waals surface area contributed by atoms with Gasteiger partial charge < -0.3 is 9.63 Å². The van der Waals surface area contributed by atoms with E-state index in [9.17, 15) is 12.8 Å². The highest BCUT2D eigenvalue weighted by molar-refractivity contribution is 7.89. The molecule has 2 N–H and O–H groups in total. The van der Waals surface area contributed by atoms with Crippen molar-refractivity contribution in [3.63, 3.8) is 0 Å². The minimum absolute atomic E-state index is 0.0530. The monoisotopic (exact) mass is 368 g/mol. The van der Waals surface area contributed by atoms with E-state index in [4.69, 9.17) is 9.63 Å². The topological polar surface area (TPSA) is 92.4 Å². The summed E-state index contributed by atoms with van der Waals surface area (Å²) < 4.78 is 45.6. The van der Waals surface area contributed by atoms with E-state index in [1.165, 1.54) is 12.1 Å². The molecule has 1 aromatic carbocycles. The maximum atomic E-state index is 13.0. The number of halogens is 1. The van der Waals surface area contributed by atoms with E-state index in [0.29, 0.717) is 18.6 Å². The summed E-state index contributed by atoms with van der Waals surface area (Å²) in [5.74, 6) is 0.184. The fourth-order valence-corrected chi connectivity index (χ4v) is 4.62. The Hall–Kier alpha value is -1.77. The quantitative estimate of drug-likeness (QED) is 0.816. The Bertz CT molecular complexity index is 846. The van der Waals surface area contributed by atoms with Gasteiger partial charge in [-0.2, -0.15) is 0 Å². The van der Waals surface area contributed by atoms with Gasteiger partial charge in [-0.1, -0.05) is 19.0 Å². The van der Waals surface area contributed by atoms with Crippen molar-refractivity contribution >= 4 is 10.0 Å². The molecular weight excluding hydrogens is 347 g/mol. The first-order valence-electron chi connectivity index (χ1n) is 8.05. The number of rotatable bonds is 6. The normalized spacial score (nSPS) is 22.6. The average Bonchev–Trinajstić information content (AvgIpc) is 3.02. The molecule has 0 radical (unpaired) electrons. The van der Waals surface area contributed by atoms with Gasteiger partial charge in [-0.3, -0.25) is 0 Å². The Morgan fingerprint density at radius 2 is 2.04 bits per heavy atom. The van der Waals surface area contributed by atoms with E-state index >= 15 is 0 Å². The number of aromatic nitrogens is 1. The molecule has 8 heteroatoms. The third-order valence-corrected chi connectivity index (χ3v) is 6.60. The zero-order chi connectivity index (χ0) is 18.2.